The minimum Gasteiger partial charge on any atom is -0.388 e. The molecule has 0 unspecified atom stereocenters. The molecule has 2 aromatic rings. The number of fused-ring (bicyclic) bond motifs is 1. The number of halogens is 1. The van der Waals surface area contributed by atoms with Crippen LogP contribution in [0.2, 0.25) is 5.02 Å². The summed E-state index contributed by atoms with van der Waals surface area (Å²) < 4.78 is 0. The van der Waals surface area contributed by atoms with Crippen LogP contribution in [-0.4, -0.2) is 7.05 Å². The minimum absolute atomic E-state index is 0.791. The third-order valence-corrected chi connectivity index (χ3v) is 3.63. The van der Waals surface area contributed by atoms with Crippen LogP contribution in [0.1, 0.15) is 11.1 Å². The van der Waals surface area contributed by atoms with Crippen molar-refractivity contribution in [2.24, 2.45) is 0 Å². The molecule has 0 radical (unpaired) electrons. The quantitative estimate of drug-likeness (QED) is 0.879. The Hall–Kier alpha value is -1.67. The zero-order chi connectivity index (χ0) is 12.5. The van der Waals surface area contributed by atoms with Gasteiger partial charge in [0.2, 0.25) is 0 Å². The smallest absolute Gasteiger partial charge is 0.0437 e. The van der Waals surface area contributed by atoms with Gasteiger partial charge in [-0.1, -0.05) is 23.7 Å². The first-order valence-corrected chi connectivity index (χ1v) is 6.44. The van der Waals surface area contributed by atoms with E-state index >= 15 is 0 Å². The summed E-state index contributed by atoms with van der Waals surface area (Å²) in [6.07, 6.45) is 0. The van der Waals surface area contributed by atoms with E-state index in [2.05, 4.69) is 34.5 Å². The van der Waals surface area contributed by atoms with Crippen molar-refractivity contribution in [1.29, 1.82) is 0 Å². The van der Waals surface area contributed by atoms with Crippen molar-refractivity contribution in [1.82, 2.24) is 0 Å². The molecule has 2 aromatic carbocycles. The summed E-state index contributed by atoms with van der Waals surface area (Å²) in [6.45, 7) is 1.91. The van der Waals surface area contributed by atoms with Crippen LogP contribution in [0.4, 0.5) is 11.4 Å². The summed E-state index contributed by atoms with van der Waals surface area (Å²) in [7, 11) is 1.95. The molecule has 0 amide bonds. The number of hydrogen-bond acceptors (Lipinski definition) is 2. The topological polar surface area (TPSA) is 15.3 Å². The van der Waals surface area contributed by atoms with Crippen molar-refractivity contribution in [3.8, 4) is 0 Å². The van der Waals surface area contributed by atoms with Gasteiger partial charge in [-0.3, -0.25) is 0 Å². The van der Waals surface area contributed by atoms with Crippen LogP contribution in [0.25, 0.3) is 0 Å². The Bertz CT molecular complexity index is 580. The van der Waals surface area contributed by atoms with Crippen LogP contribution in [0.5, 0.6) is 0 Å². The molecular weight excluding hydrogens is 244 g/mol. The van der Waals surface area contributed by atoms with Gasteiger partial charge in [-0.05, 0) is 41.5 Å². The number of nitrogens with zero attached hydrogens (tertiary/aromatic N) is 1. The molecule has 0 aromatic heterocycles. The number of hydrogen-bond donors (Lipinski definition) is 1. The first-order chi connectivity index (χ1) is 8.76. The van der Waals surface area contributed by atoms with Crippen LogP contribution in [0.3, 0.4) is 0 Å². The number of anilines is 2. The third kappa shape index (κ3) is 2.04. The fourth-order valence-electron chi connectivity index (χ4n) is 2.41. The molecule has 0 bridgehead atoms. The zero-order valence-corrected chi connectivity index (χ0v) is 11.0. The lowest BCUT2D eigenvalue weighted by Gasteiger charge is -2.17. The van der Waals surface area contributed by atoms with Crippen LogP contribution in [0, 0.1) is 0 Å². The van der Waals surface area contributed by atoms with Crippen molar-refractivity contribution in [3.63, 3.8) is 0 Å². The highest BCUT2D eigenvalue weighted by atomic mass is 35.5. The van der Waals surface area contributed by atoms with Gasteiger partial charge in [-0.2, -0.15) is 0 Å². The van der Waals surface area contributed by atoms with Gasteiger partial charge in [0.15, 0.2) is 0 Å². The fraction of sp³-hybridized carbons (Fsp3) is 0.200. The first kappa shape index (κ1) is 11.4. The van der Waals surface area contributed by atoms with Gasteiger partial charge in [0.1, 0.15) is 0 Å². The molecule has 0 aliphatic carbocycles. The van der Waals surface area contributed by atoms with Crippen molar-refractivity contribution in [3.05, 3.63) is 58.6 Å². The highest BCUT2D eigenvalue weighted by Crippen LogP contribution is 2.30. The average molecular weight is 259 g/mol. The Balaban J connectivity index is 1.88. The highest BCUT2D eigenvalue weighted by molar-refractivity contribution is 6.30. The molecular formula is C15H15ClN2. The van der Waals surface area contributed by atoms with Crippen molar-refractivity contribution < 1.29 is 0 Å². The zero-order valence-electron chi connectivity index (χ0n) is 10.3. The summed E-state index contributed by atoms with van der Waals surface area (Å²) >= 11 is 6.05. The van der Waals surface area contributed by atoms with Crippen LogP contribution in [-0.2, 0) is 13.1 Å². The lowest BCUT2D eigenvalue weighted by Crippen LogP contribution is -2.14. The molecule has 1 aliphatic rings. The van der Waals surface area contributed by atoms with E-state index in [-0.39, 0.29) is 0 Å². The number of benzene rings is 2. The summed E-state index contributed by atoms with van der Waals surface area (Å²) in [5, 5.41) is 3.97. The molecule has 0 spiro atoms. The molecule has 0 saturated carbocycles. The Morgan fingerprint density at radius 3 is 2.67 bits per heavy atom. The van der Waals surface area contributed by atoms with Gasteiger partial charge in [0.05, 0.1) is 0 Å². The van der Waals surface area contributed by atoms with Crippen LogP contribution >= 0.6 is 11.6 Å². The molecule has 18 heavy (non-hydrogen) atoms. The second-order valence-corrected chi connectivity index (χ2v) is 5.01. The van der Waals surface area contributed by atoms with Gasteiger partial charge in [0, 0.05) is 36.5 Å². The second kappa shape index (κ2) is 4.54. The molecule has 2 nitrogen and oxygen atoms in total. The Morgan fingerprint density at radius 2 is 1.89 bits per heavy atom. The lowest BCUT2D eigenvalue weighted by atomic mass is 10.1. The van der Waals surface area contributed by atoms with E-state index in [9.17, 15) is 0 Å². The summed E-state index contributed by atoms with van der Waals surface area (Å²) in [6, 6.07) is 14.6. The second-order valence-electron chi connectivity index (χ2n) is 4.57. The molecule has 92 valence electrons. The first-order valence-electron chi connectivity index (χ1n) is 6.06. The summed E-state index contributed by atoms with van der Waals surface area (Å²) in [4.78, 5) is 2.34. The van der Waals surface area contributed by atoms with Crippen LogP contribution < -0.4 is 10.2 Å². The van der Waals surface area contributed by atoms with Gasteiger partial charge in [0.25, 0.3) is 0 Å². The molecule has 0 fully saturated rings. The Morgan fingerprint density at radius 1 is 1.06 bits per heavy atom. The molecule has 3 heteroatoms. The SMILES string of the molecule is CNc1ccc2c(c1)CN(c1cccc(Cl)c1)C2. The minimum atomic E-state index is 0.791. The average Bonchev–Trinajstić information content (AvgIpc) is 2.81. The van der Waals surface area contributed by atoms with E-state index < -0.39 is 0 Å². The third-order valence-electron chi connectivity index (χ3n) is 3.39. The largest absolute Gasteiger partial charge is 0.388 e. The van der Waals surface area contributed by atoms with Crippen molar-refractivity contribution >= 4 is 23.0 Å². The summed E-state index contributed by atoms with van der Waals surface area (Å²) in [5.41, 5.74) is 5.14. The molecule has 3 rings (SSSR count). The van der Waals surface area contributed by atoms with E-state index in [1.165, 1.54) is 22.5 Å². The Kier molecular flexibility index (Phi) is 2.88. The lowest BCUT2D eigenvalue weighted by molar-refractivity contribution is 0.881. The molecule has 0 atom stereocenters. The summed E-state index contributed by atoms with van der Waals surface area (Å²) in [5.74, 6) is 0. The molecule has 1 N–H and O–H groups in total. The maximum Gasteiger partial charge on any atom is 0.0437 e. The molecule has 1 aliphatic heterocycles. The monoisotopic (exact) mass is 258 g/mol. The predicted octanol–water partition coefficient (Wildman–Crippen LogP) is 3.90. The van der Waals surface area contributed by atoms with E-state index in [0.717, 1.165) is 18.1 Å². The van der Waals surface area contributed by atoms with Gasteiger partial charge in [-0.25, -0.2) is 0 Å². The van der Waals surface area contributed by atoms with E-state index in [4.69, 9.17) is 11.6 Å². The standard InChI is InChI=1S/C15H15ClN2/c1-17-14-6-5-11-9-18(10-12(11)7-14)15-4-2-3-13(16)8-15/h2-8,17H,9-10H2,1H3. The van der Waals surface area contributed by atoms with E-state index in [1.807, 2.05) is 25.2 Å². The van der Waals surface area contributed by atoms with Gasteiger partial charge >= 0.3 is 0 Å². The molecule has 1 heterocycles. The van der Waals surface area contributed by atoms with Gasteiger partial charge in [-0.15, -0.1) is 0 Å². The van der Waals surface area contributed by atoms with E-state index in [0.29, 0.717) is 0 Å². The number of nitrogens with one attached hydrogen (secondary N) is 1. The number of rotatable bonds is 2. The van der Waals surface area contributed by atoms with E-state index in [1.54, 1.807) is 0 Å². The predicted molar refractivity (Wildman–Crippen MR) is 77.3 cm³/mol. The normalized spacial score (nSPS) is 13.6. The van der Waals surface area contributed by atoms with Crippen LogP contribution in [0.15, 0.2) is 42.5 Å². The molecule has 0 saturated heterocycles. The van der Waals surface area contributed by atoms with Crippen molar-refractivity contribution in [2.45, 2.75) is 13.1 Å². The maximum atomic E-state index is 6.05. The Labute approximate surface area is 112 Å². The fourth-order valence-corrected chi connectivity index (χ4v) is 2.59. The highest BCUT2D eigenvalue weighted by Gasteiger charge is 2.19. The van der Waals surface area contributed by atoms with Crippen molar-refractivity contribution in [2.75, 3.05) is 17.3 Å². The van der Waals surface area contributed by atoms with Gasteiger partial charge < -0.3 is 10.2 Å². The maximum absolute atomic E-state index is 6.05.